The van der Waals surface area contributed by atoms with Gasteiger partial charge in [-0.05, 0) is 12.8 Å². The molecule has 0 aromatic carbocycles. The molecule has 2 heterocycles. The number of carbonyl (C=O) groups excluding carboxylic acids is 2. The lowest BCUT2D eigenvalue weighted by atomic mass is 10.1. The maximum atomic E-state index is 12.1. The van der Waals surface area contributed by atoms with Crippen LogP contribution in [0.1, 0.15) is 51.9 Å². The van der Waals surface area contributed by atoms with Gasteiger partial charge in [0.05, 0.1) is 17.8 Å². The van der Waals surface area contributed by atoms with Crippen LogP contribution in [0.5, 0.6) is 0 Å². The highest BCUT2D eigenvalue weighted by Crippen LogP contribution is 2.20. The van der Waals surface area contributed by atoms with Crippen LogP contribution < -0.4 is 5.32 Å². The minimum Gasteiger partial charge on any atom is -0.342 e. The Morgan fingerprint density at radius 1 is 1.36 bits per heavy atom. The zero-order valence-electron chi connectivity index (χ0n) is 13.3. The number of likely N-dealkylation sites (tertiary alicyclic amines) is 1. The Balaban J connectivity index is 1.68. The molecule has 0 aliphatic carbocycles. The second kappa shape index (κ2) is 8.56. The molecule has 22 heavy (non-hydrogen) atoms. The Kier molecular flexibility index (Phi) is 6.43. The number of carbonyl (C=O) groups is 2. The lowest BCUT2D eigenvalue weighted by molar-refractivity contribution is -0.130. The molecule has 122 valence electrons. The zero-order valence-corrected chi connectivity index (χ0v) is 13.3. The van der Waals surface area contributed by atoms with E-state index in [0.717, 1.165) is 19.3 Å². The van der Waals surface area contributed by atoms with E-state index in [0.29, 0.717) is 25.2 Å². The predicted octanol–water partition coefficient (Wildman–Crippen LogP) is 2.56. The highest BCUT2D eigenvalue weighted by molar-refractivity contribution is 5.93. The molecule has 1 aromatic heterocycles. The van der Waals surface area contributed by atoms with Gasteiger partial charge in [-0.1, -0.05) is 32.6 Å². The average molecular weight is 306 g/mol. The van der Waals surface area contributed by atoms with Gasteiger partial charge in [0.25, 0.3) is 0 Å². The molecule has 6 heteroatoms. The molecular formula is C16H26N4O2. The molecule has 0 radical (unpaired) electrons. The summed E-state index contributed by atoms with van der Waals surface area (Å²) in [6.07, 6.45) is 10.3. The summed E-state index contributed by atoms with van der Waals surface area (Å²) in [5.41, 5.74) is 0.672. The maximum absolute atomic E-state index is 12.1. The molecule has 6 nitrogen and oxygen atoms in total. The Labute approximate surface area is 131 Å². The lowest BCUT2D eigenvalue weighted by Gasteiger charge is -2.16. The van der Waals surface area contributed by atoms with Crippen molar-refractivity contribution in [2.75, 3.05) is 18.4 Å². The zero-order chi connectivity index (χ0) is 15.8. The van der Waals surface area contributed by atoms with E-state index in [4.69, 9.17) is 0 Å². The van der Waals surface area contributed by atoms with E-state index >= 15 is 0 Å². The van der Waals surface area contributed by atoms with Gasteiger partial charge >= 0.3 is 0 Å². The van der Waals surface area contributed by atoms with Crippen LogP contribution in [0.15, 0.2) is 12.4 Å². The number of hydrogen-bond donors (Lipinski definition) is 2. The lowest BCUT2D eigenvalue weighted by Crippen LogP contribution is -2.31. The highest BCUT2D eigenvalue weighted by Gasteiger charge is 2.30. The van der Waals surface area contributed by atoms with Gasteiger partial charge in [0.1, 0.15) is 0 Å². The molecular weight excluding hydrogens is 280 g/mol. The normalized spacial score (nSPS) is 17.7. The van der Waals surface area contributed by atoms with E-state index in [1.54, 1.807) is 12.4 Å². The molecule has 2 N–H and O–H groups in total. The molecule has 2 rings (SSSR count). The van der Waals surface area contributed by atoms with Gasteiger partial charge in [0.15, 0.2) is 0 Å². The minimum atomic E-state index is -0.112. The van der Waals surface area contributed by atoms with E-state index < -0.39 is 0 Å². The highest BCUT2D eigenvalue weighted by atomic mass is 16.2. The third-order valence-electron chi connectivity index (χ3n) is 4.17. The number of aromatic nitrogens is 2. The quantitative estimate of drug-likeness (QED) is 0.725. The molecule has 0 unspecified atom stereocenters. The van der Waals surface area contributed by atoms with Crippen molar-refractivity contribution in [1.82, 2.24) is 15.1 Å². The van der Waals surface area contributed by atoms with Crippen LogP contribution in [0, 0.1) is 5.92 Å². The molecule has 1 saturated heterocycles. The number of nitrogens with zero attached hydrogens (tertiary/aromatic N) is 2. The maximum Gasteiger partial charge on any atom is 0.229 e. The third kappa shape index (κ3) is 4.86. The number of amides is 2. The SMILES string of the molecule is CCCCCCCC(=O)N1CC[C@H](C(=O)Nc2cn[nH]c2)C1. The molecule has 0 saturated carbocycles. The Hall–Kier alpha value is -1.85. The van der Waals surface area contributed by atoms with E-state index in [-0.39, 0.29) is 17.7 Å². The second-order valence-corrected chi connectivity index (χ2v) is 5.97. The standard InChI is InChI=1S/C16H26N4O2/c1-2-3-4-5-6-7-15(21)20-9-8-13(12-20)16(22)19-14-10-17-18-11-14/h10-11,13H,2-9,12H2,1H3,(H,17,18)(H,19,22)/t13-/m0/s1. The van der Waals surface area contributed by atoms with Gasteiger partial charge in [-0.3, -0.25) is 14.7 Å². The van der Waals surface area contributed by atoms with Crippen molar-refractivity contribution in [2.45, 2.75) is 51.9 Å². The minimum absolute atomic E-state index is 0.0281. The van der Waals surface area contributed by atoms with Gasteiger partial charge in [0, 0.05) is 25.7 Å². The van der Waals surface area contributed by atoms with Gasteiger partial charge in [0.2, 0.25) is 11.8 Å². The van der Waals surface area contributed by atoms with Crippen molar-refractivity contribution in [3.8, 4) is 0 Å². The smallest absolute Gasteiger partial charge is 0.229 e. The summed E-state index contributed by atoms with van der Waals surface area (Å²) in [5, 5.41) is 9.28. The molecule has 0 bridgehead atoms. The van der Waals surface area contributed by atoms with Crippen LogP contribution in [0.4, 0.5) is 5.69 Å². The summed E-state index contributed by atoms with van der Waals surface area (Å²) in [5.74, 6) is 0.0497. The van der Waals surface area contributed by atoms with Crippen LogP contribution in [0.3, 0.4) is 0 Å². The second-order valence-electron chi connectivity index (χ2n) is 5.97. The number of unbranched alkanes of at least 4 members (excludes halogenated alkanes) is 4. The van der Waals surface area contributed by atoms with Crippen LogP contribution in [-0.4, -0.2) is 40.0 Å². The van der Waals surface area contributed by atoms with Crippen molar-refractivity contribution < 1.29 is 9.59 Å². The Bertz CT molecular complexity index is 473. The number of hydrogen-bond acceptors (Lipinski definition) is 3. The summed E-state index contributed by atoms with van der Waals surface area (Å²) < 4.78 is 0. The largest absolute Gasteiger partial charge is 0.342 e. The van der Waals surface area contributed by atoms with Crippen LogP contribution in [0.2, 0.25) is 0 Å². The number of nitrogens with one attached hydrogen (secondary N) is 2. The van der Waals surface area contributed by atoms with Crippen molar-refractivity contribution >= 4 is 17.5 Å². The average Bonchev–Trinajstić information content (AvgIpc) is 3.18. The Morgan fingerprint density at radius 2 is 2.18 bits per heavy atom. The monoisotopic (exact) mass is 306 g/mol. The first-order valence-corrected chi connectivity index (χ1v) is 8.28. The molecule has 0 spiro atoms. The predicted molar refractivity (Wildman–Crippen MR) is 85.3 cm³/mol. The van der Waals surface area contributed by atoms with E-state index in [9.17, 15) is 9.59 Å². The van der Waals surface area contributed by atoms with Gasteiger partial charge < -0.3 is 10.2 Å². The molecule has 1 fully saturated rings. The molecule has 1 atom stereocenters. The number of H-pyrrole nitrogens is 1. The molecule has 2 amide bonds. The van der Waals surface area contributed by atoms with Gasteiger partial charge in [-0.15, -0.1) is 0 Å². The topological polar surface area (TPSA) is 78.1 Å². The van der Waals surface area contributed by atoms with E-state index in [2.05, 4.69) is 22.4 Å². The first-order valence-electron chi connectivity index (χ1n) is 8.28. The van der Waals surface area contributed by atoms with E-state index in [1.807, 2.05) is 4.90 Å². The fraction of sp³-hybridized carbons (Fsp3) is 0.688. The van der Waals surface area contributed by atoms with Crippen molar-refractivity contribution in [1.29, 1.82) is 0 Å². The molecule has 1 aliphatic heterocycles. The van der Waals surface area contributed by atoms with Crippen molar-refractivity contribution in [3.05, 3.63) is 12.4 Å². The van der Waals surface area contributed by atoms with Crippen molar-refractivity contribution in [3.63, 3.8) is 0 Å². The first-order chi connectivity index (χ1) is 10.7. The number of rotatable bonds is 8. The van der Waals surface area contributed by atoms with Crippen LogP contribution in [0.25, 0.3) is 0 Å². The van der Waals surface area contributed by atoms with Gasteiger partial charge in [-0.2, -0.15) is 5.10 Å². The summed E-state index contributed by atoms with van der Waals surface area (Å²) in [7, 11) is 0. The van der Waals surface area contributed by atoms with Crippen molar-refractivity contribution in [2.24, 2.45) is 5.92 Å². The Morgan fingerprint density at radius 3 is 2.91 bits per heavy atom. The number of aromatic amines is 1. The fourth-order valence-electron chi connectivity index (χ4n) is 2.80. The first kappa shape index (κ1) is 16.5. The molecule has 1 aliphatic rings. The summed E-state index contributed by atoms with van der Waals surface area (Å²) >= 11 is 0. The fourth-order valence-corrected chi connectivity index (χ4v) is 2.80. The third-order valence-corrected chi connectivity index (χ3v) is 4.17. The number of anilines is 1. The van der Waals surface area contributed by atoms with E-state index in [1.165, 1.54) is 19.3 Å². The van der Waals surface area contributed by atoms with Crippen LogP contribution in [-0.2, 0) is 9.59 Å². The molecule has 1 aromatic rings. The van der Waals surface area contributed by atoms with Gasteiger partial charge in [-0.25, -0.2) is 0 Å². The summed E-state index contributed by atoms with van der Waals surface area (Å²) in [4.78, 5) is 26.1. The summed E-state index contributed by atoms with van der Waals surface area (Å²) in [6, 6.07) is 0. The summed E-state index contributed by atoms with van der Waals surface area (Å²) in [6.45, 7) is 3.42. The van der Waals surface area contributed by atoms with Crippen LogP contribution >= 0.6 is 0 Å².